The van der Waals surface area contributed by atoms with Gasteiger partial charge in [-0.05, 0) is 42.0 Å². The van der Waals surface area contributed by atoms with Crippen LogP contribution in [-0.2, 0) is 0 Å². The van der Waals surface area contributed by atoms with Crippen LogP contribution in [0.2, 0.25) is 0 Å². The van der Waals surface area contributed by atoms with E-state index in [-0.39, 0.29) is 5.75 Å². The fourth-order valence-corrected chi connectivity index (χ4v) is 1.44. The third-order valence-electron chi connectivity index (χ3n) is 2.45. The number of carbonyl (C=O) groups is 1. The molecular weight excluding hydrogens is 266 g/mol. The molecule has 0 saturated carbocycles. The summed E-state index contributed by atoms with van der Waals surface area (Å²) in [5.41, 5.74) is 2.86. The number of rotatable bonds is 3. The summed E-state index contributed by atoms with van der Waals surface area (Å²) in [4.78, 5) is 11.6. The number of hydrogen-bond acceptors (Lipinski definition) is 3. The van der Waals surface area contributed by atoms with Crippen LogP contribution in [0.25, 0.3) is 0 Å². The minimum absolute atomic E-state index is 0.0480. The van der Waals surface area contributed by atoms with Crippen LogP contribution < -0.4 is 5.43 Å². The Hall–Kier alpha value is -2.76. The molecule has 6 heteroatoms. The predicted octanol–water partition coefficient (Wildman–Crippen LogP) is 2.43. The van der Waals surface area contributed by atoms with Gasteiger partial charge in [-0.2, -0.15) is 5.10 Å². The van der Waals surface area contributed by atoms with Crippen molar-refractivity contribution in [2.24, 2.45) is 5.10 Å². The summed E-state index contributed by atoms with van der Waals surface area (Å²) < 4.78 is 25.6. The zero-order chi connectivity index (χ0) is 14.5. The number of aromatic hydroxyl groups is 1. The Labute approximate surface area is 113 Å². The molecule has 1 amide bonds. The number of hydrogen-bond donors (Lipinski definition) is 2. The Morgan fingerprint density at radius 2 is 1.80 bits per heavy atom. The van der Waals surface area contributed by atoms with Gasteiger partial charge in [0.25, 0.3) is 5.91 Å². The number of phenols is 1. The van der Waals surface area contributed by atoms with Gasteiger partial charge in [-0.3, -0.25) is 4.79 Å². The van der Waals surface area contributed by atoms with Gasteiger partial charge in [0.2, 0.25) is 0 Å². The van der Waals surface area contributed by atoms with Gasteiger partial charge in [-0.1, -0.05) is 6.07 Å². The van der Waals surface area contributed by atoms with Crippen LogP contribution in [0.4, 0.5) is 8.78 Å². The molecule has 0 fully saturated rings. The molecule has 2 aromatic carbocycles. The average molecular weight is 276 g/mol. The fraction of sp³-hybridized carbons (Fsp3) is 0. The Bertz CT molecular complexity index is 655. The normalized spacial score (nSPS) is 10.7. The van der Waals surface area contributed by atoms with E-state index >= 15 is 0 Å². The lowest BCUT2D eigenvalue weighted by Crippen LogP contribution is -2.17. The maximum Gasteiger partial charge on any atom is 0.271 e. The first-order valence-electron chi connectivity index (χ1n) is 5.64. The lowest BCUT2D eigenvalue weighted by atomic mass is 10.2. The summed E-state index contributed by atoms with van der Waals surface area (Å²) in [5.74, 6) is -2.37. The van der Waals surface area contributed by atoms with Crippen LogP contribution in [0, 0.1) is 11.6 Å². The van der Waals surface area contributed by atoms with E-state index in [4.69, 9.17) is 5.11 Å². The highest BCUT2D eigenvalue weighted by Crippen LogP contribution is 2.09. The molecular formula is C14H10F2N2O2. The number of amides is 1. The van der Waals surface area contributed by atoms with Crippen molar-refractivity contribution >= 4 is 12.1 Å². The number of halogens is 2. The van der Waals surface area contributed by atoms with Crippen molar-refractivity contribution in [3.05, 3.63) is 65.2 Å². The number of nitrogens with one attached hydrogen (secondary N) is 1. The van der Waals surface area contributed by atoms with Gasteiger partial charge in [0, 0.05) is 5.56 Å². The molecule has 2 aromatic rings. The van der Waals surface area contributed by atoms with E-state index < -0.39 is 17.5 Å². The summed E-state index contributed by atoms with van der Waals surface area (Å²) in [7, 11) is 0. The molecule has 0 aliphatic carbocycles. The number of hydrazone groups is 1. The van der Waals surface area contributed by atoms with Gasteiger partial charge in [0.05, 0.1) is 6.21 Å². The Kier molecular flexibility index (Phi) is 4.05. The first kappa shape index (κ1) is 13.7. The number of phenolic OH excluding ortho intramolecular Hbond substituents is 1. The molecule has 0 aromatic heterocycles. The number of carbonyl (C=O) groups excluding carboxylic acids is 1. The van der Waals surface area contributed by atoms with Gasteiger partial charge in [-0.25, -0.2) is 14.2 Å². The van der Waals surface area contributed by atoms with E-state index in [1.807, 2.05) is 0 Å². The third-order valence-corrected chi connectivity index (χ3v) is 2.45. The van der Waals surface area contributed by atoms with Crippen LogP contribution in [0.5, 0.6) is 5.75 Å². The predicted molar refractivity (Wildman–Crippen MR) is 69.5 cm³/mol. The summed E-state index contributed by atoms with van der Waals surface area (Å²) >= 11 is 0. The third kappa shape index (κ3) is 3.38. The van der Waals surface area contributed by atoms with Crippen molar-refractivity contribution in [1.82, 2.24) is 5.43 Å². The van der Waals surface area contributed by atoms with E-state index in [2.05, 4.69) is 10.5 Å². The van der Waals surface area contributed by atoms with E-state index in [0.717, 1.165) is 12.1 Å². The minimum atomic E-state index is -0.987. The second-order valence-corrected chi connectivity index (χ2v) is 3.92. The lowest BCUT2D eigenvalue weighted by molar-refractivity contribution is 0.0955. The molecule has 102 valence electrons. The van der Waals surface area contributed by atoms with Crippen molar-refractivity contribution in [1.29, 1.82) is 0 Å². The molecule has 4 nitrogen and oxygen atoms in total. The number of benzene rings is 2. The van der Waals surface area contributed by atoms with Crippen molar-refractivity contribution in [2.75, 3.05) is 0 Å². The Balaban J connectivity index is 2.00. The maximum absolute atomic E-state index is 12.9. The van der Waals surface area contributed by atoms with Crippen molar-refractivity contribution in [3.63, 3.8) is 0 Å². The van der Waals surface area contributed by atoms with Gasteiger partial charge in [-0.15, -0.1) is 0 Å². The average Bonchev–Trinajstić information content (AvgIpc) is 2.43. The quantitative estimate of drug-likeness (QED) is 0.668. The summed E-state index contributed by atoms with van der Waals surface area (Å²) in [6, 6.07) is 8.86. The molecule has 0 aliphatic rings. The second-order valence-electron chi connectivity index (χ2n) is 3.92. The largest absolute Gasteiger partial charge is 0.508 e. The van der Waals surface area contributed by atoms with Crippen molar-refractivity contribution < 1.29 is 18.7 Å². The van der Waals surface area contributed by atoms with Gasteiger partial charge in [0.15, 0.2) is 11.6 Å². The topological polar surface area (TPSA) is 61.7 Å². The highest BCUT2D eigenvalue weighted by atomic mass is 19.2. The Morgan fingerprint density at radius 3 is 2.45 bits per heavy atom. The molecule has 0 unspecified atom stereocenters. The molecule has 0 atom stereocenters. The summed E-state index contributed by atoms with van der Waals surface area (Å²) in [6.45, 7) is 0. The summed E-state index contributed by atoms with van der Waals surface area (Å²) in [6.07, 6.45) is 1.20. The second kappa shape index (κ2) is 5.92. The smallest absolute Gasteiger partial charge is 0.271 e. The van der Waals surface area contributed by atoms with Gasteiger partial charge >= 0.3 is 0 Å². The van der Waals surface area contributed by atoms with Crippen LogP contribution in [0.1, 0.15) is 15.9 Å². The molecule has 0 spiro atoms. The molecule has 20 heavy (non-hydrogen) atoms. The van der Waals surface area contributed by atoms with Gasteiger partial charge in [0.1, 0.15) is 5.75 Å². The van der Waals surface area contributed by atoms with Crippen LogP contribution in [-0.4, -0.2) is 17.2 Å². The summed E-state index contributed by atoms with van der Waals surface area (Å²) in [5, 5.41) is 12.7. The highest BCUT2D eigenvalue weighted by molar-refractivity contribution is 5.94. The maximum atomic E-state index is 12.9. The van der Waals surface area contributed by atoms with Crippen molar-refractivity contribution in [3.8, 4) is 5.75 Å². The monoisotopic (exact) mass is 276 g/mol. The molecule has 2 rings (SSSR count). The SMILES string of the molecule is O=C(N/N=C\c1ccc(F)c(F)c1)c1ccc(O)cc1. The minimum Gasteiger partial charge on any atom is -0.508 e. The molecule has 0 bridgehead atoms. The molecule has 0 saturated heterocycles. The first-order valence-corrected chi connectivity index (χ1v) is 5.64. The number of nitrogens with zero attached hydrogens (tertiary/aromatic N) is 1. The van der Waals surface area contributed by atoms with Crippen LogP contribution >= 0.6 is 0 Å². The zero-order valence-corrected chi connectivity index (χ0v) is 10.2. The fourth-order valence-electron chi connectivity index (χ4n) is 1.44. The first-order chi connectivity index (χ1) is 9.56. The van der Waals surface area contributed by atoms with E-state index in [1.54, 1.807) is 0 Å². The standard InChI is InChI=1S/C14H10F2N2O2/c15-12-6-1-9(7-13(12)16)8-17-18-14(20)10-2-4-11(19)5-3-10/h1-8,19H,(H,18,20)/b17-8-. The van der Waals surface area contributed by atoms with Crippen LogP contribution in [0.15, 0.2) is 47.6 Å². The van der Waals surface area contributed by atoms with E-state index in [0.29, 0.717) is 11.1 Å². The van der Waals surface area contributed by atoms with E-state index in [1.165, 1.54) is 36.5 Å². The van der Waals surface area contributed by atoms with Crippen LogP contribution in [0.3, 0.4) is 0 Å². The Morgan fingerprint density at radius 1 is 1.10 bits per heavy atom. The molecule has 2 N–H and O–H groups in total. The van der Waals surface area contributed by atoms with Gasteiger partial charge < -0.3 is 5.11 Å². The molecule has 0 radical (unpaired) electrons. The lowest BCUT2D eigenvalue weighted by Gasteiger charge is -2.00. The van der Waals surface area contributed by atoms with E-state index in [9.17, 15) is 13.6 Å². The zero-order valence-electron chi connectivity index (χ0n) is 10.2. The molecule has 0 aliphatic heterocycles. The van der Waals surface area contributed by atoms with Crippen molar-refractivity contribution in [2.45, 2.75) is 0 Å². The highest BCUT2D eigenvalue weighted by Gasteiger charge is 2.04. The molecule has 0 heterocycles.